The van der Waals surface area contributed by atoms with E-state index in [1.807, 2.05) is 19.0 Å². The molecule has 0 N–H and O–H groups in total. The maximum absolute atomic E-state index is 13.6. The average Bonchev–Trinajstić information content (AvgIpc) is 2.95. The predicted octanol–water partition coefficient (Wildman–Crippen LogP) is 5.77. The molecule has 1 aliphatic rings. The van der Waals surface area contributed by atoms with Gasteiger partial charge in [-0.15, -0.1) is 0 Å². The van der Waals surface area contributed by atoms with Crippen molar-refractivity contribution < 1.29 is 24.2 Å². The summed E-state index contributed by atoms with van der Waals surface area (Å²) in [7, 11) is 3.91. The Bertz CT molecular complexity index is 1430. The summed E-state index contributed by atoms with van der Waals surface area (Å²) in [6.45, 7) is 1.27. The SMILES string of the molecule is CN(C)CCOc1ccc(C(=O)C2C/C(=C\c3ccc([N+](=O)[O-])cc3)C(=O)/C(=C/c3ccc([N+](=O)[O-])cc3)C2)cc1. The molecule has 0 atom stereocenters. The van der Waals surface area contributed by atoms with E-state index in [4.69, 9.17) is 4.74 Å². The number of ketones is 2. The number of Topliss-reactive ketones (excluding diaryl/α,β-unsaturated/α-hetero) is 2. The Morgan fingerprint density at radius 3 is 1.71 bits per heavy atom. The lowest BCUT2D eigenvalue weighted by molar-refractivity contribution is -0.385. The van der Waals surface area contributed by atoms with Gasteiger partial charge in [0.05, 0.1) is 9.85 Å². The number of rotatable bonds is 10. The molecule has 1 aliphatic carbocycles. The second-order valence-electron chi connectivity index (χ2n) is 10.0. The lowest BCUT2D eigenvalue weighted by Gasteiger charge is -2.25. The zero-order valence-corrected chi connectivity index (χ0v) is 22.7. The topological polar surface area (TPSA) is 133 Å². The van der Waals surface area contributed by atoms with E-state index in [-0.39, 0.29) is 35.8 Å². The molecule has 4 rings (SSSR count). The van der Waals surface area contributed by atoms with Gasteiger partial charge in [0.25, 0.3) is 11.4 Å². The number of hydrogen-bond acceptors (Lipinski definition) is 8. The molecule has 0 unspecified atom stereocenters. The van der Waals surface area contributed by atoms with Crippen molar-refractivity contribution in [2.75, 3.05) is 27.2 Å². The van der Waals surface area contributed by atoms with Crippen LogP contribution in [0.1, 0.15) is 34.3 Å². The lowest BCUT2D eigenvalue weighted by atomic mass is 9.76. The molecule has 0 aromatic heterocycles. The maximum atomic E-state index is 13.6. The zero-order chi connectivity index (χ0) is 29.5. The van der Waals surface area contributed by atoms with Crippen LogP contribution in [-0.2, 0) is 4.79 Å². The van der Waals surface area contributed by atoms with Crippen molar-refractivity contribution in [2.24, 2.45) is 5.92 Å². The van der Waals surface area contributed by atoms with Crippen molar-refractivity contribution in [3.05, 3.63) is 121 Å². The van der Waals surface area contributed by atoms with Gasteiger partial charge >= 0.3 is 0 Å². The minimum Gasteiger partial charge on any atom is -0.492 e. The number of ether oxygens (including phenoxy) is 1. The normalized spacial score (nSPS) is 17.1. The molecule has 0 saturated heterocycles. The molecule has 0 aliphatic heterocycles. The van der Waals surface area contributed by atoms with E-state index >= 15 is 0 Å². The summed E-state index contributed by atoms with van der Waals surface area (Å²) in [6.07, 6.45) is 3.70. The van der Waals surface area contributed by atoms with Crippen LogP contribution in [0.5, 0.6) is 5.75 Å². The standard InChI is InChI=1S/C31H29N3O7/c1-32(2)15-16-41-29-13-7-23(8-14-29)30(35)26-19-24(17-21-3-9-27(10-4-21)33(37)38)31(36)25(20-26)18-22-5-11-28(12-6-22)34(39)40/h3-14,17-18,26H,15-16,19-20H2,1-2H3/b24-17+,25-18+. The third-order valence-corrected chi connectivity index (χ3v) is 6.72. The minimum atomic E-state index is -0.526. The zero-order valence-electron chi connectivity index (χ0n) is 22.7. The van der Waals surface area contributed by atoms with Crippen molar-refractivity contribution in [2.45, 2.75) is 12.8 Å². The number of nitro groups is 2. The number of likely N-dealkylation sites (N-methyl/N-ethyl adjacent to an activating group) is 1. The molecule has 1 fully saturated rings. The Labute approximate surface area is 236 Å². The van der Waals surface area contributed by atoms with E-state index in [9.17, 15) is 29.8 Å². The second kappa shape index (κ2) is 12.9. The van der Waals surface area contributed by atoms with E-state index in [2.05, 4.69) is 0 Å². The van der Waals surface area contributed by atoms with Gasteiger partial charge in [0, 0.05) is 53.4 Å². The second-order valence-corrected chi connectivity index (χ2v) is 10.0. The summed E-state index contributed by atoms with van der Waals surface area (Å²) < 4.78 is 5.72. The first-order valence-corrected chi connectivity index (χ1v) is 13.0. The molecule has 210 valence electrons. The Kier molecular flexibility index (Phi) is 9.15. The van der Waals surface area contributed by atoms with Gasteiger partial charge in [0.1, 0.15) is 12.4 Å². The molecule has 3 aromatic rings. The summed E-state index contributed by atoms with van der Waals surface area (Å²) in [5.74, 6) is -0.238. The summed E-state index contributed by atoms with van der Waals surface area (Å²) in [5, 5.41) is 22.1. The van der Waals surface area contributed by atoms with Crippen LogP contribution in [0.3, 0.4) is 0 Å². The van der Waals surface area contributed by atoms with E-state index in [0.717, 1.165) is 6.54 Å². The van der Waals surface area contributed by atoms with Crippen LogP contribution < -0.4 is 4.74 Å². The van der Waals surface area contributed by atoms with Gasteiger partial charge in [0.2, 0.25) is 0 Å². The number of allylic oxidation sites excluding steroid dienone is 2. The minimum absolute atomic E-state index is 0.0666. The number of benzene rings is 3. The molecule has 10 heteroatoms. The quantitative estimate of drug-likeness (QED) is 0.133. The van der Waals surface area contributed by atoms with Crippen LogP contribution in [0.15, 0.2) is 83.9 Å². The van der Waals surface area contributed by atoms with Gasteiger partial charge < -0.3 is 9.64 Å². The van der Waals surface area contributed by atoms with Gasteiger partial charge in [-0.3, -0.25) is 29.8 Å². The molecule has 0 spiro atoms. The molecule has 0 radical (unpaired) electrons. The van der Waals surface area contributed by atoms with Gasteiger partial charge in [0.15, 0.2) is 11.6 Å². The number of carbonyl (C=O) groups is 2. The van der Waals surface area contributed by atoms with Crippen molar-refractivity contribution in [3.63, 3.8) is 0 Å². The summed E-state index contributed by atoms with van der Waals surface area (Å²) in [6, 6.07) is 18.6. The fourth-order valence-corrected chi connectivity index (χ4v) is 4.51. The largest absolute Gasteiger partial charge is 0.492 e. The highest BCUT2D eigenvalue weighted by Crippen LogP contribution is 2.35. The summed E-state index contributed by atoms with van der Waals surface area (Å²) in [5.41, 5.74) is 2.36. The van der Waals surface area contributed by atoms with E-state index in [1.54, 1.807) is 60.7 Å². The molecule has 0 heterocycles. The van der Waals surface area contributed by atoms with Gasteiger partial charge in [-0.25, -0.2) is 0 Å². The molecular weight excluding hydrogens is 526 g/mol. The predicted molar refractivity (Wildman–Crippen MR) is 155 cm³/mol. The molecule has 10 nitrogen and oxygen atoms in total. The first kappa shape index (κ1) is 29.0. The third-order valence-electron chi connectivity index (χ3n) is 6.72. The van der Waals surface area contributed by atoms with Crippen LogP contribution in [0.25, 0.3) is 12.2 Å². The van der Waals surface area contributed by atoms with Crippen molar-refractivity contribution in [3.8, 4) is 5.75 Å². The Hall–Kier alpha value is -4.96. The monoisotopic (exact) mass is 555 g/mol. The third kappa shape index (κ3) is 7.58. The van der Waals surface area contributed by atoms with E-state index in [0.29, 0.717) is 40.2 Å². The fourth-order valence-electron chi connectivity index (χ4n) is 4.51. The van der Waals surface area contributed by atoms with Crippen molar-refractivity contribution in [1.82, 2.24) is 4.90 Å². The Morgan fingerprint density at radius 2 is 1.29 bits per heavy atom. The van der Waals surface area contributed by atoms with Gasteiger partial charge in [-0.1, -0.05) is 0 Å². The molecule has 0 bridgehead atoms. The van der Waals surface area contributed by atoms with Crippen LogP contribution in [0.4, 0.5) is 11.4 Å². The van der Waals surface area contributed by atoms with E-state index < -0.39 is 15.8 Å². The summed E-state index contributed by atoms with van der Waals surface area (Å²) >= 11 is 0. The lowest BCUT2D eigenvalue weighted by Crippen LogP contribution is -2.26. The summed E-state index contributed by atoms with van der Waals surface area (Å²) in [4.78, 5) is 50.2. The Balaban J connectivity index is 1.62. The highest BCUT2D eigenvalue weighted by molar-refractivity contribution is 6.15. The van der Waals surface area contributed by atoms with Crippen molar-refractivity contribution in [1.29, 1.82) is 0 Å². The van der Waals surface area contributed by atoms with E-state index in [1.165, 1.54) is 24.3 Å². The average molecular weight is 556 g/mol. The maximum Gasteiger partial charge on any atom is 0.269 e. The highest BCUT2D eigenvalue weighted by atomic mass is 16.6. The number of nitro benzene ring substituents is 2. The number of hydrogen-bond donors (Lipinski definition) is 0. The molecule has 0 amide bonds. The highest BCUT2D eigenvalue weighted by Gasteiger charge is 2.32. The van der Waals surface area contributed by atoms with Gasteiger partial charge in [-0.2, -0.15) is 0 Å². The smallest absolute Gasteiger partial charge is 0.269 e. The van der Waals surface area contributed by atoms with Crippen LogP contribution in [-0.4, -0.2) is 53.6 Å². The number of non-ortho nitro benzene ring substituents is 2. The van der Waals surface area contributed by atoms with Crippen LogP contribution in [0.2, 0.25) is 0 Å². The molecular formula is C31H29N3O7. The van der Waals surface area contributed by atoms with Crippen molar-refractivity contribution >= 4 is 35.1 Å². The molecule has 3 aromatic carbocycles. The Morgan fingerprint density at radius 1 is 0.829 bits per heavy atom. The van der Waals surface area contributed by atoms with Gasteiger partial charge in [-0.05, 0) is 98.7 Å². The van der Waals surface area contributed by atoms with Crippen LogP contribution >= 0.6 is 0 Å². The number of carbonyl (C=O) groups excluding carboxylic acids is 2. The molecule has 1 saturated carbocycles. The first-order chi connectivity index (χ1) is 19.6. The molecule has 41 heavy (non-hydrogen) atoms. The fraction of sp³-hybridized carbons (Fsp3) is 0.226. The van der Waals surface area contributed by atoms with Crippen LogP contribution in [0, 0.1) is 26.1 Å². The number of nitrogens with zero attached hydrogens (tertiary/aromatic N) is 3. The first-order valence-electron chi connectivity index (χ1n) is 13.0.